The van der Waals surface area contributed by atoms with Crippen LogP contribution in [0.3, 0.4) is 0 Å². The Morgan fingerprint density at radius 1 is 1.06 bits per heavy atom. The molecule has 2 atom stereocenters. The van der Waals surface area contributed by atoms with E-state index in [4.69, 9.17) is 4.74 Å². The van der Waals surface area contributed by atoms with E-state index in [9.17, 15) is 4.79 Å². The van der Waals surface area contributed by atoms with Crippen LogP contribution in [-0.2, 0) is 9.53 Å². The number of hydrogen-bond acceptors (Lipinski definition) is 3. The lowest BCUT2D eigenvalue weighted by Crippen LogP contribution is -2.47. The quantitative estimate of drug-likeness (QED) is 0.706. The summed E-state index contributed by atoms with van der Waals surface area (Å²) in [6.07, 6.45) is 5.44. The number of ether oxygens (including phenoxy) is 1. The van der Waals surface area contributed by atoms with Gasteiger partial charge < -0.3 is 10.1 Å². The highest BCUT2D eigenvalue weighted by Crippen LogP contribution is 2.33. The molecule has 2 bridgehead atoms. The Hall–Kier alpha value is -0.610. The topological polar surface area (TPSA) is 41.6 Å². The van der Waals surface area contributed by atoms with E-state index in [2.05, 4.69) is 10.2 Å². The minimum Gasteiger partial charge on any atom is -0.381 e. The van der Waals surface area contributed by atoms with Gasteiger partial charge in [-0.1, -0.05) is 0 Å². The Kier molecular flexibility index (Phi) is 2.86. The van der Waals surface area contributed by atoms with Crippen LogP contribution in [0.2, 0.25) is 0 Å². The molecule has 1 amide bonds. The number of fused-ring (bicyclic) bond motifs is 2. The van der Waals surface area contributed by atoms with E-state index in [1.165, 1.54) is 12.8 Å². The van der Waals surface area contributed by atoms with Crippen molar-refractivity contribution in [1.29, 1.82) is 0 Å². The fourth-order valence-corrected chi connectivity index (χ4v) is 3.49. The van der Waals surface area contributed by atoms with E-state index >= 15 is 0 Å². The third kappa shape index (κ3) is 1.84. The van der Waals surface area contributed by atoms with E-state index in [0.29, 0.717) is 24.5 Å². The van der Waals surface area contributed by atoms with Crippen molar-refractivity contribution in [1.82, 2.24) is 10.2 Å². The zero-order valence-corrected chi connectivity index (χ0v) is 9.65. The lowest BCUT2D eigenvalue weighted by Gasteiger charge is -2.37. The van der Waals surface area contributed by atoms with Gasteiger partial charge in [-0.2, -0.15) is 0 Å². The van der Waals surface area contributed by atoms with E-state index in [0.717, 1.165) is 32.6 Å². The molecule has 0 aliphatic carbocycles. The fourth-order valence-electron chi connectivity index (χ4n) is 3.49. The molecule has 0 aromatic heterocycles. The summed E-state index contributed by atoms with van der Waals surface area (Å²) in [5.74, 6) is 0.240. The molecule has 4 nitrogen and oxygen atoms in total. The van der Waals surface area contributed by atoms with Crippen LogP contribution in [0.15, 0.2) is 0 Å². The third-order valence-corrected chi connectivity index (χ3v) is 4.24. The predicted octanol–water partition coefficient (Wildman–Crippen LogP) is 0.518. The SMILES string of the molecule is O=C1C[C@H]2CC[C@@H](CN1)N2C1CCOCC1. The van der Waals surface area contributed by atoms with Crippen molar-refractivity contribution in [3.8, 4) is 0 Å². The van der Waals surface area contributed by atoms with Crippen molar-refractivity contribution < 1.29 is 9.53 Å². The molecule has 3 heterocycles. The van der Waals surface area contributed by atoms with E-state index in [-0.39, 0.29) is 5.91 Å². The van der Waals surface area contributed by atoms with Crippen LogP contribution in [0.1, 0.15) is 32.1 Å². The first-order valence-electron chi connectivity index (χ1n) is 6.46. The Balaban J connectivity index is 1.75. The van der Waals surface area contributed by atoms with Crippen molar-refractivity contribution in [2.45, 2.75) is 50.2 Å². The largest absolute Gasteiger partial charge is 0.381 e. The van der Waals surface area contributed by atoms with Gasteiger partial charge in [-0.3, -0.25) is 9.69 Å². The van der Waals surface area contributed by atoms with E-state index in [1.807, 2.05) is 0 Å². The molecule has 0 aromatic rings. The molecule has 0 spiro atoms. The smallest absolute Gasteiger partial charge is 0.221 e. The first-order valence-corrected chi connectivity index (χ1v) is 6.46. The molecule has 0 unspecified atom stereocenters. The van der Waals surface area contributed by atoms with Crippen LogP contribution in [0.4, 0.5) is 0 Å². The molecule has 3 fully saturated rings. The molecule has 3 rings (SSSR count). The Bertz CT molecular complexity index is 276. The Morgan fingerprint density at radius 3 is 2.62 bits per heavy atom. The summed E-state index contributed by atoms with van der Waals surface area (Å²) >= 11 is 0. The number of carbonyl (C=O) groups is 1. The lowest BCUT2D eigenvalue weighted by molar-refractivity contribution is -0.121. The second kappa shape index (κ2) is 4.34. The normalized spacial score (nSPS) is 37.1. The second-order valence-corrected chi connectivity index (χ2v) is 5.18. The summed E-state index contributed by atoms with van der Waals surface area (Å²) in [4.78, 5) is 14.2. The molecule has 4 heteroatoms. The summed E-state index contributed by atoms with van der Waals surface area (Å²) in [6, 6.07) is 1.73. The van der Waals surface area contributed by atoms with Gasteiger partial charge in [-0.15, -0.1) is 0 Å². The van der Waals surface area contributed by atoms with Crippen molar-refractivity contribution in [3.05, 3.63) is 0 Å². The highest BCUT2D eigenvalue weighted by atomic mass is 16.5. The average Bonchev–Trinajstić information content (AvgIpc) is 2.61. The number of nitrogens with one attached hydrogen (secondary N) is 1. The van der Waals surface area contributed by atoms with Crippen LogP contribution >= 0.6 is 0 Å². The predicted molar refractivity (Wildman–Crippen MR) is 60.1 cm³/mol. The zero-order valence-electron chi connectivity index (χ0n) is 9.65. The highest BCUT2D eigenvalue weighted by molar-refractivity contribution is 5.77. The summed E-state index contributed by atoms with van der Waals surface area (Å²) in [5.41, 5.74) is 0. The maximum Gasteiger partial charge on any atom is 0.221 e. The molecule has 16 heavy (non-hydrogen) atoms. The number of amides is 1. The molecule has 90 valence electrons. The van der Waals surface area contributed by atoms with Gasteiger partial charge in [0, 0.05) is 44.3 Å². The van der Waals surface area contributed by atoms with Crippen molar-refractivity contribution in [2.75, 3.05) is 19.8 Å². The third-order valence-electron chi connectivity index (χ3n) is 4.24. The molecule has 0 radical (unpaired) electrons. The van der Waals surface area contributed by atoms with Gasteiger partial charge in [0.1, 0.15) is 0 Å². The minimum atomic E-state index is 0.240. The summed E-state index contributed by atoms with van der Waals surface area (Å²) in [7, 11) is 0. The molecule has 0 aromatic carbocycles. The lowest BCUT2D eigenvalue weighted by atomic mass is 10.0. The van der Waals surface area contributed by atoms with Crippen molar-refractivity contribution in [2.24, 2.45) is 0 Å². The standard InChI is InChI=1S/C12H20N2O2/c15-12-7-10-1-2-11(8-13-12)14(10)9-3-5-16-6-4-9/h9-11H,1-8H2,(H,13,15)/t10-,11+/m1/s1. The number of carbonyl (C=O) groups excluding carboxylic acids is 1. The summed E-state index contributed by atoms with van der Waals surface area (Å²) in [5, 5.41) is 3.03. The minimum absolute atomic E-state index is 0.240. The van der Waals surface area contributed by atoms with Crippen LogP contribution in [0.25, 0.3) is 0 Å². The van der Waals surface area contributed by atoms with Crippen molar-refractivity contribution in [3.63, 3.8) is 0 Å². The van der Waals surface area contributed by atoms with Gasteiger partial charge in [-0.25, -0.2) is 0 Å². The maximum atomic E-state index is 11.5. The zero-order chi connectivity index (χ0) is 11.0. The number of rotatable bonds is 1. The number of nitrogens with zero attached hydrogens (tertiary/aromatic N) is 1. The molecule has 3 aliphatic rings. The van der Waals surface area contributed by atoms with Gasteiger partial charge >= 0.3 is 0 Å². The van der Waals surface area contributed by atoms with Gasteiger partial charge in [0.15, 0.2) is 0 Å². The second-order valence-electron chi connectivity index (χ2n) is 5.18. The van der Waals surface area contributed by atoms with E-state index in [1.54, 1.807) is 0 Å². The van der Waals surface area contributed by atoms with E-state index < -0.39 is 0 Å². The van der Waals surface area contributed by atoms with Crippen LogP contribution in [-0.4, -0.2) is 48.7 Å². The Labute approximate surface area is 96.3 Å². The maximum absolute atomic E-state index is 11.5. The molecule has 0 saturated carbocycles. The molecule has 1 N–H and O–H groups in total. The first kappa shape index (κ1) is 10.5. The molecule has 3 aliphatic heterocycles. The van der Waals surface area contributed by atoms with Crippen molar-refractivity contribution >= 4 is 5.91 Å². The molecule has 3 saturated heterocycles. The summed E-state index contributed by atoms with van der Waals surface area (Å²) in [6.45, 7) is 2.64. The number of hydrogen-bond donors (Lipinski definition) is 1. The molecular formula is C12H20N2O2. The monoisotopic (exact) mass is 224 g/mol. The highest BCUT2D eigenvalue weighted by Gasteiger charge is 2.41. The van der Waals surface area contributed by atoms with Crippen LogP contribution in [0, 0.1) is 0 Å². The van der Waals surface area contributed by atoms with Gasteiger partial charge in [0.25, 0.3) is 0 Å². The van der Waals surface area contributed by atoms with Gasteiger partial charge in [0.2, 0.25) is 5.91 Å². The summed E-state index contributed by atoms with van der Waals surface area (Å²) < 4.78 is 5.42. The Morgan fingerprint density at radius 2 is 1.81 bits per heavy atom. The van der Waals surface area contributed by atoms with Crippen LogP contribution < -0.4 is 5.32 Å². The van der Waals surface area contributed by atoms with Gasteiger partial charge in [0.05, 0.1) is 0 Å². The van der Waals surface area contributed by atoms with Crippen LogP contribution in [0.5, 0.6) is 0 Å². The fraction of sp³-hybridized carbons (Fsp3) is 0.917. The first-order chi connectivity index (χ1) is 7.84. The molecular weight excluding hydrogens is 204 g/mol. The average molecular weight is 224 g/mol. The van der Waals surface area contributed by atoms with Gasteiger partial charge in [-0.05, 0) is 25.7 Å².